The number of carbonyl (C=O) groups excluding carboxylic acids is 1. The number of aliphatic hydroxyl groups is 1. The predicted molar refractivity (Wildman–Crippen MR) is 81.8 cm³/mol. The zero-order valence-electron chi connectivity index (χ0n) is 11.3. The lowest BCUT2D eigenvalue weighted by atomic mass is 10.1. The molecule has 1 aliphatic rings. The number of rotatable bonds is 2. The highest BCUT2D eigenvalue weighted by Gasteiger charge is 2.37. The fraction of sp³-hybridized carbons (Fsp3) is 0.267. The number of aliphatic hydroxyl groups excluding tert-OH is 1. The summed E-state index contributed by atoms with van der Waals surface area (Å²) in [5.41, 5.74) is 2.21. The molecule has 0 saturated carbocycles. The van der Waals surface area contributed by atoms with Crippen LogP contribution in [-0.4, -0.2) is 34.0 Å². The number of aromatic nitrogens is 1. The van der Waals surface area contributed by atoms with Gasteiger partial charge in [-0.25, -0.2) is 0 Å². The van der Waals surface area contributed by atoms with Gasteiger partial charge in [-0.05, 0) is 29.3 Å². The summed E-state index contributed by atoms with van der Waals surface area (Å²) < 4.78 is 0. The Morgan fingerprint density at radius 3 is 2.86 bits per heavy atom. The van der Waals surface area contributed by atoms with E-state index in [1.165, 1.54) is 4.90 Å². The minimum absolute atomic E-state index is 0.163. The lowest BCUT2D eigenvalue weighted by Gasteiger charge is -2.28. The van der Waals surface area contributed by atoms with E-state index in [4.69, 9.17) is 23.2 Å². The summed E-state index contributed by atoms with van der Waals surface area (Å²) in [6.07, 6.45) is 3.05. The Labute approximate surface area is 132 Å². The van der Waals surface area contributed by atoms with E-state index in [2.05, 4.69) is 4.98 Å². The standard InChI is InChI=1S/C15H14Cl2N2O2/c1-19(15(21)8-2-3-18-7-8)14-11-4-9(16)5-12(17)10(11)6-13(14)20/h2-5,7,13-14,18,20H,6H2,1H3/t13-,14+/m0/s1. The van der Waals surface area contributed by atoms with Crippen LogP contribution >= 0.6 is 23.2 Å². The number of benzene rings is 1. The van der Waals surface area contributed by atoms with E-state index >= 15 is 0 Å². The molecule has 0 radical (unpaired) electrons. The van der Waals surface area contributed by atoms with Crippen LogP contribution in [0.1, 0.15) is 27.5 Å². The second-order valence-electron chi connectivity index (χ2n) is 5.19. The first-order valence-corrected chi connectivity index (χ1v) is 7.30. The van der Waals surface area contributed by atoms with E-state index in [1.54, 1.807) is 37.6 Å². The van der Waals surface area contributed by atoms with Gasteiger partial charge < -0.3 is 15.0 Å². The first kappa shape index (κ1) is 14.4. The van der Waals surface area contributed by atoms with Crippen LogP contribution in [0.3, 0.4) is 0 Å². The van der Waals surface area contributed by atoms with E-state index in [0.29, 0.717) is 22.0 Å². The minimum atomic E-state index is -0.691. The van der Waals surface area contributed by atoms with Gasteiger partial charge in [-0.15, -0.1) is 0 Å². The van der Waals surface area contributed by atoms with E-state index in [9.17, 15) is 9.90 Å². The van der Waals surface area contributed by atoms with Crippen molar-refractivity contribution in [2.75, 3.05) is 7.05 Å². The molecule has 6 heteroatoms. The summed E-state index contributed by atoms with van der Waals surface area (Å²) >= 11 is 12.2. The van der Waals surface area contributed by atoms with E-state index in [-0.39, 0.29) is 5.91 Å². The molecule has 2 atom stereocenters. The third kappa shape index (κ3) is 2.44. The van der Waals surface area contributed by atoms with Crippen LogP contribution < -0.4 is 0 Å². The Morgan fingerprint density at radius 2 is 2.19 bits per heavy atom. The molecule has 0 unspecified atom stereocenters. The second-order valence-corrected chi connectivity index (χ2v) is 6.03. The summed E-state index contributed by atoms with van der Waals surface area (Å²) in [7, 11) is 1.67. The topological polar surface area (TPSA) is 56.3 Å². The highest BCUT2D eigenvalue weighted by Crippen LogP contribution is 2.41. The Balaban J connectivity index is 1.99. The van der Waals surface area contributed by atoms with Gasteiger partial charge in [-0.1, -0.05) is 23.2 Å². The largest absolute Gasteiger partial charge is 0.390 e. The molecule has 0 saturated heterocycles. The summed E-state index contributed by atoms with van der Waals surface area (Å²) in [6.45, 7) is 0. The molecule has 21 heavy (non-hydrogen) atoms. The average molecular weight is 325 g/mol. The molecule has 1 aromatic carbocycles. The van der Waals surface area contributed by atoms with Crippen molar-refractivity contribution in [1.82, 2.24) is 9.88 Å². The van der Waals surface area contributed by atoms with Crippen molar-refractivity contribution in [3.05, 3.63) is 57.3 Å². The van der Waals surface area contributed by atoms with Crippen LogP contribution in [0.4, 0.5) is 0 Å². The third-order valence-electron chi connectivity index (χ3n) is 3.87. The summed E-state index contributed by atoms with van der Waals surface area (Å²) in [6, 6.07) is 4.68. The van der Waals surface area contributed by atoms with Crippen molar-refractivity contribution in [3.63, 3.8) is 0 Å². The Hall–Kier alpha value is -1.49. The van der Waals surface area contributed by atoms with Crippen LogP contribution in [0, 0.1) is 0 Å². The van der Waals surface area contributed by atoms with Gasteiger partial charge in [0.1, 0.15) is 0 Å². The third-order valence-corrected chi connectivity index (χ3v) is 4.43. The number of halogens is 2. The highest BCUT2D eigenvalue weighted by molar-refractivity contribution is 6.35. The van der Waals surface area contributed by atoms with Gasteiger partial charge in [0.15, 0.2) is 0 Å². The maximum atomic E-state index is 12.4. The molecule has 110 valence electrons. The number of nitrogens with zero attached hydrogens (tertiary/aromatic N) is 1. The number of nitrogens with one attached hydrogen (secondary N) is 1. The predicted octanol–water partition coefficient (Wildman–Crippen LogP) is 3.05. The van der Waals surface area contributed by atoms with E-state index in [1.807, 2.05) is 0 Å². The average Bonchev–Trinajstić information content (AvgIpc) is 3.04. The number of likely N-dealkylation sites (N-methyl/N-ethyl adjacent to an activating group) is 1. The highest BCUT2D eigenvalue weighted by atomic mass is 35.5. The number of hydrogen-bond acceptors (Lipinski definition) is 2. The van der Waals surface area contributed by atoms with E-state index in [0.717, 1.165) is 11.1 Å². The first-order chi connectivity index (χ1) is 9.99. The molecule has 1 amide bonds. The normalized spacial score (nSPS) is 20.4. The van der Waals surface area contributed by atoms with Crippen molar-refractivity contribution >= 4 is 29.1 Å². The molecule has 0 spiro atoms. The molecule has 1 aliphatic carbocycles. The lowest BCUT2D eigenvalue weighted by molar-refractivity contribution is 0.0497. The molecule has 1 aromatic heterocycles. The molecule has 3 rings (SSSR count). The molecule has 0 fully saturated rings. The quantitative estimate of drug-likeness (QED) is 0.892. The zero-order valence-corrected chi connectivity index (χ0v) is 12.8. The van der Waals surface area contributed by atoms with Crippen molar-refractivity contribution in [1.29, 1.82) is 0 Å². The Morgan fingerprint density at radius 1 is 1.43 bits per heavy atom. The summed E-state index contributed by atoms with van der Waals surface area (Å²) in [5, 5.41) is 11.4. The van der Waals surface area contributed by atoms with Crippen LogP contribution in [0.5, 0.6) is 0 Å². The summed E-state index contributed by atoms with van der Waals surface area (Å²) in [4.78, 5) is 16.8. The number of hydrogen-bond donors (Lipinski definition) is 2. The zero-order chi connectivity index (χ0) is 15.1. The van der Waals surface area contributed by atoms with Gasteiger partial charge in [-0.2, -0.15) is 0 Å². The van der Waals surface area contributed by atoms with Crippen molar-refractivity contribution in [3.8, 4) is 0 Å². The SMILES string of the molecule is CN(C(=O)c1cc[nH]c1)[C@@H]1c2cc(Cl)cc(Cl)c2C[C@@H]1O. The Bertz CT molecular complexity index is 685. The molecule has 2 aromatic rings. The fourth-order valence-corrected chi connectivity index (χ4v) is 3.47. The van der Waals surface area contributed by atoms with Crippen LogP contribution in [0.2, 0.25) is 10.0 Å². The Kier molecular flexibility index (Phi) is 3.69. The van der Waals surface area contributed by atoms with Gasteiger partial charge in [0, 0.05) is 35.9 Å². The second kappa shape index (κ2) is 5.37. The smallest absolute Gasteiger partial charge is 0.255 e. The van der Waals surface area contributed by atoms with Gasteiger partial charge in [0.2, 0.25) is 0 Å². The van der Waals surface area contributed by atoms with Crippen LogP contribution in [0.15, 0.2) is 30.6 Å². The molecule has 1 heterocycles. The lowest BCUT2D eigenvalue weighted by Crippen LogP contribution is -2.35. The van der Waals surface area contributed by atoms with Crippen LogP contribution in [0.25, 0.3) is 0 Å². The number of carbonyl (C=O) groups is 1. The number of H-pyrrole nitrogens is 1. The maximum Gasteiger partial charge on any atom is 0.255 e. The molecular formula is C15H14Cl2N2O2. The van der Waals surface area contributed by atoms with Gasteiger partial charge in [0.25, 0.3) is 5.91 Å². The first-order valence-electron chi connectivity index (χ1n) is 6.55. The number of aromatic amines is 1. The van der Waals surface area contributed by atoms with Gasteiger partial charge in [-0.3, -0.25) is 4.79 Å². The minimum Gasteiger partial charge on any atom is -0.390 e. The molecule has 4 nitrogen and oxygen atoms in total. The van der Waals surface area contributed by atoms with Crippen LogP contribution in [-0.2, 0) is 6.42 Å². The molecule has 0 aliphatic heterocycles. The summed E-state index contributed by atoms with van der Waals surface area (Å²) in [5.74, 6) is -0.163. The maximum absolute atomic E-state index is 12.4. The fourth-order valence-electron chi connectivity index (χ4n) is 2.88. The van der Waals surface area contributed by atoms with E-state index < -0.39 is 12.1 Å². The van der Waals surface area contributed by atoms with Crippen molar-refractivity contribution in [2.45, 2.75) is 18.6 Å². The molecule has 0 bridgehead atoms. The molecule has 2 N–H and O–H groups in total. The number of amides is 1. The number of fused-ring (bicyclic) bond motifs is 1. The molecular weight excluding hydrogens is 311 g/mol. The van der Waals surface area contributed by atoms with Gasteiger partial charge in [0.05, 0.1) is 17.7 Å². The van der Waals surface area contributed by atoms with Crippen molar-refractivity contribution < 1.29 is 9.90 Å². The van der Waals surface area contributed by atoms with Gasteiger partial charge >= 0.3 is 0 Å². The monoisotopic (exact) mass is 324 g/mol. The van der Waals surface area contributed by atoms with Crippen molar-refractivity contribution in [2.24, 2.45) is 0 Å².